The Morgan fingerprint density at radius 1 is 1.29 bits per heavy atom. The number of benzene rings is 1. The number of nitrogens with zero attached hydrogens (tertiary/aromatic N) is 1. The van der Waals surface area contributed by atoms with E-state index in [9.17, 15) is 9.90 Å². The van der Waals surface area contributed by atoms with Gasteiger partial charge in [-0.2, -0.15) is 0 Å². The maximum Gasteiger partial charge on any atom is 0.339 e. The van der Waals surface area contributed by atoms with Gasteiger partial charge in [-0.1, -0.05) is 5.16 Å². The number of rotatable bonds is 7. The highest BCUT2D eigenvalue weighted by atomic mass is 16.5. The van der Waals surface area contributed by atoms with Crippen LogP contribution in [0.25, 0.3) is 0 Å². The van der Waals surface area contributed by atoms with Crippen molar-refractivity contribution in [1.29, 1.82) is 0 Å². The number of aromatic carboxylic acids is 1. The van der Waals surface area contributed by atoms with Crippen LogP contribution in [0.3, 0.4) is 0 Å². The summed E-state index contributed by atoms with van der Waals surface area (Å²) in [4.78, 5) is 11.2. The van der Waals surface area contributed by atoms with E-state index in [-0.39, 0.29) is 17.9 Å². The molecule has 1 aromatic heterocycles. The van der Waals surface area contributed by atoms with Crippen molar-refractivity contribution in [3.63, 3.8) is 0 Å². The molecule has 0 aliphatic carbocycles. The molecule has 0 aliphatic heterocycles. The molecule has 0 fully saturated rings. The first-order valence-corrected chi connectivity index (χ1v) is 6.11. The van der Waals surface area contributed by atoms with Gasteiger partial charge in [0.05, 0.1) is 7.11 Å². The molecule has 7 heteroatoms. The van der Waals surface area contributed by atoms with Gasteiger partial charge in [0.15, 0.2) is 5.76 Å². The van der Waals surface area contributed by atoms with Gasteiger partial charge >= 0.3 is 5.97 Å². The highest BCUT2D eigenvalue weighted by Gasteiger charge is 2.14. The molecule has 7 nitrogen and oxygen atoms in total. The first-order chi connectivity index (χ1) is 10.1. The maximum atomic E-state index is 11.2. The van der Waals surface area contributed by atoms with E-state index in [1.54, 1.807) is 25.3 Å². The van der Waals surface area contributed by atoms with Crippen LogP contribution in [0.15, 0.2) is 28.8 Å². The Morgan fingerprint density at radius 3 is 2.76 bits per heavy atom. The highest BCUT2D eigenvalue weighted by Crippen LogP contribution is 2.25. The van der Waals surface area contributed by atoms with Crippen LogP contribution in [-0.2, 0) is 18.0 Å². The SMILES string of the molecule is COCc1cc(COc2ccc(OC)cc2C(=O)O)no1. The fourth-order valence-electron chi connectivity index (χ4n) is 1.71. The van der Waals surface area contributed by atoms with Crippen molar-refractivity contribution < 1.29 is 28.6 Å². The van der Waals surface area contributed by atoms with Crippen LogP contribution >= 0.6 is 0 Å². The van der Waals surface area contributed by atoms with E-state index in [0.29, 0.717) is 23.8 Å². The molecule has 0 unspecified atom stereocenters. The molecular formula is C14H15NO6. The van der Waals surface area contributed by atoms with E-state index in [0.717, 1.165) is 0 Å². The topological polar surface area (TPSA) is 91.0 Å². The summed E-state index contributed by atoms with van der Waals surface area (Å²) in [6, 6.07) is 6.25. The molecule has 1 aromatic carbocycles. The number of carboxylic acids is 1. The molecule has 1 heterocycles. The lowest BCUT2D eigenvalue weighted by Gasteiger charge is -2.09. The summed E-state index contributed by atoms with van der Waals surface area (Å²) in [6.45, 7) is 0.412. The number of carboxylic acid groups (broad SMARTS) is 1. The lowest BCUT2D eigenvalue weighted by molar-refractivity contribution is 0.0691. The minimum atomic E-state index is -1.09. The molecule has 0 amide bonds. The van der Waals surface area contributed by atoms with Crippen molar-refractivity contribution in [2.45, 2.75) is 13.2 Å². The second kappa shape index (κ2) is 6.76. The molecule has 112 valence electrons. The zero-order valence-electron chi connectivity index (χ0n) is 11.7. The highest BCUT2D eigenvalue weighted by molar-refractivity contribution is 5.91. The van der Waals surface area contributed by atoms with Crippen molar-refractivity contribution in [1.82, 2.24) is 5.16 Å². The van der Waals surface area contributed by atoms with E-state index in [2.05, 4.69) is 5.16 Å². The first-order valence-electron chi connectivity index (χ1n) is 6.11. The van der Waals surface area contributed by atoms with Gasteiger partial charge in [0.25, 0.3) is 0 Å². The minimum Gasteiger partial charge on any atom is -0.497 e. The van der Waals surface area contributed by atoms with Gasteiger partial charge in [-0.15, -0.1) is 0 Å². The summed E-state index contributed by atoms with van der Waals surface area (Å²) in [5.74, 6) is 0.163. The maximum absolute atomic E-state index is 11.2. The molecule has 0 saturated carbocycles. The fourth-order valence-corrected chi connectivity index (χ4v) is 1.71. The van der Waals surface area contributed by atoms with Crippen molar-refractivity contribution in [2.75, 3.05) is 14.2 Å². The van der Waals surface area contributed by atoms with Gasteiger partial charge in [0.2, 0.25) is 0 Å². The normalized spacial score (nSPS) is 10.4. The van der Waals surface area contributed by atoms with Gasteiger partial charge in [-0.05, 0) is 18.2 Å². The minimum absolute atomic E-state index is 0.0231. The van der Waals surface area contributed by atoms with Crippen LogP contribution in [0.2, 0.25) is 0 Å². The van der Waals surface area contributed by atoms with Crippen molar-refractivity contribution in [3.05, 3.63) is 41.3 Å². The molecule has 0 spiro atoms. The number of hydrogen-bond donors (Lipinski definition) is 1. The van der Waals surface area contributed by atoms with Crippen LogP contribution < -0.4 is 9.47 Å². The number of methoxy groups -OCH3 is 2. The molecule has 0 bridgehead atoms. The lowest BCUT2D eigenvalue weighted by Crippen LogP contribution is -2.04. The molecule has 0 radical (unpaired) electrons. The van der Waals surface area contributed by atoms with Gasteiger partial charge in [0, 0.05) is 13.2 Å². The van der Waals surface area contributed by atoms with Crippen LogP contribution in [0, 0.1) is 0 Å². The van der Waals surface area contributed by atoms with Gasteiger partial charge in [0.1, 0.15) is 36.0 Å². The molecule has 21 heavy (non-hydrogen) atoms. The van der Waals surface area contributed by atoms with Crippen LogP contribution in [0.4, 0.5) is 0 Å². The van der Waals surface area contributed by atoms with E-state index in [1.165, 1.54) is 13.2 Å². The zero-order chi connectivity index (χ0) is 15.2. The fraction of sp³-hybridized carbons (Fsp3) is 0.286. The number of carbonyl (C=O) groups is 1. The van der Waals surface area contributed by atoms with Gasteiger partial charge in [-0.3, -0.25) is 0 Å². The second-order valence-electron chi connectivity index (χ2n) is 4.17. The zero-order valence-corrected chi connectivity index (χ0v) is 11.7. The third kappa shape index (κ3) is 3.73. The van der Waals surface area contributed by atoms with E-state index in [1.807, 2.05) is 0 Å². The summed E-state index contributed by atoms with van der Waals surface area (Å²) in [7, 11) is 3.02. The van der Waals surface area contributed by atoms with E-state index >= 15 is 0 Å². The monoisotopic (exact) mass is 293 g/mol. The molecule has 1 N–H and O–H groups in total. The van der Waals surface area contributed by atoms with E-state index in [4.69, 9.17) is 18.7 Å². The largest absolute Gasteiger partial charge is 0.497 e. The summed E-state index contributed by atoms with van der Waals surface area (Å²) < 4.78 is 20.4. The smallest absolute Gasteiger partial charge is 0.339 e. The second-order valence-corrected chi connectivity index (χ2v) is 4.17. The predicted octanol–water partition coefficient (Wildman–Crippen LogP) is 2.11. The number of hydrogen-bond acceptors (Lipinski definition) is 6. The Kier molecular flexibility index (Phi) is 4.78. The third-order valence-electron chi connectivity index (χ3n) is 2.69. The Labute approximate surface area is 121 Å². The molecule has 2 aromatic rings. The van der Waals surface area contributed by atoms with Gasteiger partial charge in [-0.25, -0.2) is 4.79 Å². The summed E-state index contributed by atoms with van der Waals surface area (Å²) >= 11 is 0. The van der Waals surface area contributed by atoms with Crippen LogP contribution in [-0.4, -0.2) is 30.5 Å². The quantitative estimate of drug-likeness (QED) is 0.835. The Balaban J connectivity index is 2.09. The van der Waals surface area contributed by atoms with Crippen molar-refractivity contribution in [3.8, 4) is 11.5 Å². The summed E-state index contributed by atoms with van der Waals surface area (Å²) in [5, 5.41) is 13.0. The lowest BCUT2D eigenvalue weighted by atomic mass is 10.2. The predicted molar refractivity (Wildman–Crippen MR) is 71.5 cm³/mol. The number of ether oxygens (including phenoxy) is 3. The first kappa shape index (κ1) is 14.9. The van der Waals surface area contributed by atoms with Gasteiger partial charge < -0.3 is 23.8 Å². The summed E-state index contributed by atoms with van der Waals surface area (Å²) in [6.07, 6.45) is 0. The molecule has 0 saturated heterocycles. The van der Waals surface area contributed by atoms with Crippen molar-refractivity contribution >= 4 is 5.97 Å². The Hall–Kier alpha value is -2.54. The summed E-state index contributed by atoms with van der Waals surface area (Å²) in [5.41, 5.74) is 0.573. The molecule has 2 rings (SSSR count). The van der Waals surface area contributed by atoms with Crippen LogP contribution in [0.1, 0.15) is 21.8 Å². The Bertz CT molecular complexity index is 622. The average Bonchev–Trinajstić information content (AvgIpc) is 2.93. The molecule has 0 aliphatic rings. The molecule has 0 atom stereocenters. The third-order valence-corrected chi connectivity index (χ3v) is 2.69. The standard InChI is InChI=1S/C14H15NO6/c1-18-8-11-5-9(15-21-11)7-20-13-4-3-10(19-2)6-12(13)14(16)17/h3-6H,7-8H2,1-2H3,(H,16,17). The number of aromatic nitrogens is 1. The molecular weight excluding hydrogens is 278 g/mol. The van der Waals surface area contributed by atoms with E-state index < -0.39 is 5.97 Å². The van der Waals surface area contributed by atoms with Crippen LogP contribution in [0.5, 0.6) is 11.5 Å². The van der Waals surface area contributed by atoms with Crippen molar-refractivity contribution in [2.24, 2.45) is 0 Å². The average molecular weight is 293 g/mol. The Morgan fingerprint density at radius 2 is 2.10 bits per heavy atom.